The standard InChI is InChI=1S/C14H11N5O2/c20-13-3-1-2-12(18-13)14(21)17-10-4-6-11(7-5-10)19-9-15-8-16-19/h1-9H,(H,17,21)(H,18,20). The van der Waals surface area contributed by atoms with Crippen LogP contribution in [0.3, 0.4) is 0 Å². The Labute approximate surface area is 119 Å². The molecule has 2 aromatic heterocycles. The quantitative estimate of drug-likeness (QED) is 0.754. The van der Waals surface area contributed by atoms with Gasteiger partial charge in [-0.25, -0.2) is 9.67 Å². The molecule has 0 spiro atoms. The van der Waals surface area contributed by atoms with E-state index in [-0.39, 0.29) is 17.2 Å². The van der Waals surface area contributed by atoms with Crippen LogP contribution in [0.4, 0.5) is 5.69 Å². The van der Waals surface area contributed by atoms with E-state index < -0.39 is 0 Å². The van der Waals surface area contributed by atoms with Crippen LogP contribution in [0, 0.1) is 0 Å². The molecule has 3 rings (SSSR count). The number of nitrogens with zero attached hydrogens (tertiary/aromatic N) is 3. The molecule has 0 unspecified atom stereocenters. The number of hydrogen-bond donors (Lipinski definition) is 2. The molecule has 2 heterocycles. The molecular formula is C14H11N5O2. The van der Waals surface area contributed by atoms with Crippen molar-refractivity contribution in [2.24, 2.45) is 0 Å². The minimum Gasteiger partial charge on any atom is -0.321 e. The highest BCUT2D eigenvalue weighted by Crippen LogP contribution is 2.12. The van der Waals surface area contributed by atoms with Gasteiger partial charge in [0.15, 0.2) is 0 Å². The molecule has 0 saturated carbocycles. The highest BCUT2D eigenvalue weighted by Gasteiger charge is 2.06. The minimum atomic E-state index is -0.374. The van der Waals surface area contributed by atoms with Crippen molar-refractivity contribution >= 4 is 11.6 Å². The average molecular weight is 281 g/mol. The Balaban J connectivity index is 1.76. The van der Waals surface area contributed by atoms with E-state index in [4.69, 9.17) is 0 Å². The molecule has 0 fully saturated rings. The highest BCUT2D eigenvalue weighted by atomic mass is 16.2. The summed E-state index contributed by atoms with van der Waals surface area (Å²) in [5.41, 5.74) is 1.35. The van der Waals surface area contributed by atoms with Gasteiger partial charge in [0.05, 0.1) is 5.69 Å². The van der Waals surface area contributed by atoms with Gasteiger partial charge in [0, 0.05) is 11.8 Å². The summed E-state index contributed by atoms with van der Waals surface area (Å²) in [5, 5.41) is 6.72. The van der Waals surface area contributed by atoms with Gasteiger partial charge < -0.3 is 10.3 Å². The molecule has 0 bridgehead atoms. The zero-order chi connectivity index (χ0) is 14.7. The van der Waals surface area contributed by atoms with Gasteiger partial charge >= 0.3 is 0 Å². The Bertz CT molecular complexity index is 806. The molecule has 0 aliphatic rings. The zero-order valence-corrected chi connectivity index (χ0v) is 10.9. The molecular weight excluding hydrogens is 270 g/mol. The number of benzene rings is 1. The Kier molecular flexibility index (Phi) is 3.30. The largest absolute Gasteiger partial charge is 0.321 e. The molecule has 0 saturated heterocycles. The number of hydrogen-bond acceptors (Lipinski definition) is 4. The van der Waals surface area contributed by atoms with Crippen molar-refractivity contribution in [3.05, 3.63) is 71.2 Å². The molecule has 7 nitrogen and oxygen atoms in total. The maximum absolute atomic E-state index is 12.0. The van der Waals surface area contributed by atoms with Gasteiger partial charge in [-0.2, -0.15) is 5.10 Å². The molecule has 3 aromatic rings. The van der Waals surface area contributed by atoms with Crippen molar-refractivity contribution in [2.45, 2.75) is 0 Å². The van der Waals surface area contributed by atoms with E-state index in [9.17, 15) is 9.59 Å². The molecule has 1 amide bonds. The van der Waals surface area contributed by atoms with E-state index in [1.54, 1.807) is 41.3 Å². The van der Waals surface area contributed by atoms with Crippen LogP contribution in [-0.4, -0.2) is 25.7 Å². The molecule has 0 aliphatic heterocycles. The van der Waals surface area contributed by atoms with Crippen molar-refractivity contribution in [2.75, 3.05) is 5.32 Å². The summed E-state index contributed by atoms with van der Waals surface area (Å²) in [6.45, 7) is 0. The first-order valence-corrected chi connectivity index (χ1v) is 6.18. The third-order valence-corrected chi connectivity index (χ3v) is 2.82. The summed E-state index contributed by atoms with van der Waals surface area (Å²) in [7, 11) is 0. The van der Waals surface area contributed by atoms with Crippen LogP contribution < -0.4 is 10.9 Å². The smallest absolute Gasteiger partial charge is 0.272 e. The molecule has 0 atom stereocenters. The molecule has 2 N–H and O–H groups in total. The van der Waals surface area contributed by atoms with Crippen LogP contribution in [0.2, 0.25) is 0 Å². The number of aromatic nitrogens is 4. The predicted octanol–water partition coefficient (Wildman–Crippen LogP) is 1.21. The monoisotopic (exact) mass is 281 g/mol. The Morgan fingerprint density at radius 1 is 1.14 bits per heavy atom. The van der Waals surface area contributed by atoms with Gasteiger partial charge in [-0.1, -0.05) is 6.07 Å². The van der Waals surface area contributed by atoms with E-state index in [0.29, 0.717) is 5.69 Å². The van der Waals surface area contributed by atoms with Gasteiger partial charge in [0.1, 0.15) is 18.3 Å². The van der Waals surface area contributed by atoms with Crippen LogP contribution in [0.25, 0.3) is 5.69 Å². The average Bonchev–Trinajstić information content (AvgIpc) is 3.02. The lowest BCUT2D eigenvalue weighted by atomic mass is 10.2. The molecule has 0 radical (unpaired) electrons. The minimum absolute atomic E-state index is 0.211. The van der Waals surface area contributed by atoms with Gasteiger partial charge in [0.2, 0.25) is 5.56 Å². The second-order valence-electron chi connectivity index (χ2n) is 4.27. The fourth-order valence-electron chi connectivity index (χ4n) is 1.82. The Hall–Kier alpha value is -3.22. The maximum Gasteiger partial charge on any atom is 0.272 e. The first-order chi connectivity index (χ1) is 10.2. The fourth-order valence-corrected chi connectivity index (χ4v) is 1.82. The lowest BCUT2D eigenvalue weighted by molar-refractivity contribution is 0.102. The molecule has 0 aliphatic carbocycles. The second-order valence-corrected chi connectivity index (χ2v) is 4.27. The van der Waals surface area contributed by atoms with Crippen LogP contribution in [0.5, 0.6) is 0 Å². The van der Waals surface area contributed by atoms with Crippen molar-refractivity contribution < 1.29 is 4.79 Å². The SMILES string of the molecule is O=C(Nc1ccc(-n2cncn2)cc1)c1cccc(=O)[nH]1. The van der Waals surface area contributed by atoms with E-state index in [2.05, 4.69) is 20.4 Å². The predicted molar refractivity (Wildman–Crippen MR) is 76.4 cm³/mol. The summed E-state index contributed by atoms with van der Waals surface area (Å²) in [6.07, 6.45) is 3.03. The van der Waals surface area contributed by atoms with Gasteiger partial charge in [-0.05, 0) is 30.3 Å². The molecule has 1 aromatic carbocycles. The fraction of sp³-hybridized carbons (Fsp3) is 0. The summed E-state index contributed by atoms with van der Waals surface area (Å²) in [6, 6.07) is 11.5. The van der Waals surface area contributed by atoms with E-state index in [1.165, 1.54) is 18.5 Å². The van der Waals surface area contributed by atoms with Crippen LogP contribution in [-0.2, 0) is 0 Å². The molecule has 104 valence electrons. The van der Waals surface area contributed by atoms with E-state index in [0.717, 1.165) is 5.69 Å². The number of H-pyrrole nitrogens is 1. The lowest BCUT2D eigenvalue weighted by Gasteiger charge is -2.06. The number of anilines is 1. The number of nitrogens with one attached hydrogen (secondary N) is 2. The zero-order valence-electron chi connectivity index (χ0n) is 10.9. The third kappa shape index (κ3) is 2.86. The number of carbonyl (C=O) groups excluding carboxylic acids is 1. The first-order valence-electron chi connectivity index (χ1n) is 6.18. The number of amides is 1. The first kappa shape index (κ1) is 12.8. The van der Waals surface area contributed by atoms with Crippen molar-refractivity contribution in [3.63, 3.8) is 0 Å². The lowest BCUT2D eigenvalue weighted by Crippen LogP contribution is -2.17. The number of pyridine rings is 1. The molecule has 21 heavy (non-hydrogen) atoms. The number of aromatic amines is 1. The number of carbonyl (C=O) groups is 1. The second kappa shape index (κ2) is 5.41. The topological polar surface area (TPSA) is 92.7 Å². The maximum atomic E-state index is 12.0. The third-order valence-electron chi connectivity index (χ3n) is 2.82. The van der Waals surface area contributed by atoms with E-state index in [1.807, 2.05) is 0 Å². The summed E-state index contributed by atoms with van der Waals surface area (Å²) in [4.78, 5) is 29.5. The normalized spacial score (nSPS) is 10.3. The Morgan fingerprint density at radius 3 is 2.62 bits per heavy atom. The van der Waals surface area contributed by atoms with Crippen molar-refractivity contribution in [1.82, 2.24) is 19.7 Å². The number of rotatable bonds is 3. The summed E-state index contributed by atoms with van der Waals surface area (Å²) >= 11 is 0. The van der Waals surface area contributed by atoms with Gasteiger partial charge in [-0.15, -0.1) is 0 Å². The van der Waals surface area contributed by atoms with Crippen LogP contribution in [0.15, 0.2) is 59.9 Å². The van der Waals surface area contributed by atoms with Crippen molar-refractivity contribution in [1.29, 1.82) is 0 Å². The van der Waals surface area contributed by atoms with Crippen LogP contribution >= 0.6 is 0 Å². The van der Waals surface area contributed by atoms with Crippen molar-refractivity contribution in [3.8, 4) is 5.69 Å². The van der Waals surface area contributed by atoms with E-state index >= 15 is 0 Å². The highest BCUT2D eigenvalue weighted by molar-refractivity contribution is 6.02. The Morgan fingerprint density at radius 2 is 1.95 bits per heavy atom. The molecule has 7 heteroatoms. The van der Waals surface area contributed by atoms with Gasteiger partial charge in [-0.3, -0.25) is 9.59 Å². The van der Waals surface area contributed by atoms with Crippen LogP contribution in [0.1, 0.15) is 10.5 Å². The summed E-state index contributed by atoms with van der Waals surface area (Å²) < 4.78 is 1.61. The van der Waals surface area contributed by atoms with Gasteiger partial charge in [0.25, 0.3) is 5.91 Å². The summed E-state index contributed by atoms with van der Waals surface area (Å²) in [5.74, 6) is -0.374.